The zero-order valence-electron chi connectivity index (χ0n) is 16.2. The molecule has 32 heavy (non-hydrogen) atoms. The van der Waals surface area contributed by atoms with E-state index in [4.69, 9.17) is 5.14 Å². The van der Waals surface area contributed by atoms with Gasteiger partial charge in [-0.3, -0.25) is 0 Å². The van der Waals surface area contributed by atoms with E-state index < -0.39 is 33.4 Å². The van der Waals surface area contributed by atoms with Crippen molar-refractivity contribution < 1.29 is 30.4 Å². The summed E-state index contributed by atoms with van der Waals surface area (Å²) in [4.78, 5) is 4.19. The van der Waals surface area contributed by atoms with E-state index in [1.165, 1.54) is 12.1 Å². The van der Waals surface area contributed by atoms with Gasteiger partial charge in [-0.1, -0.05) is 18.2 Å². The molecule has 13 heteroatoms. The van der Waals surface area contributed by atoms with Crippen molar-refractivity contribution >= 4 is 31.6 Å². The van der Waals surface area contributed by atoms with Crippen LogP contribution in [0.1, 0.15) is 16.1 Å². The van der Waals surface area contributed by atoms with Crippen LogP contribution in [0.3, 0.4) is 0 Å². The molecule has 0 spiro atoms. The number of allylic oxidation sites excluding steroid dienone is 1. The summed E-state index contributed by atoms with van der Waals surface area (Å²) >= 11 is 1.11. The number of hydrazine groups is 1. The Morgan fingerprint density at radius 2 is 1.72 bits per heavy atom. The molecule has 1 aliphatic heterocycles. The molecule has 0 aliphatic carbocycles. The first-order chi connectivity index (χ1) is 14.7. The van der Waals surface area contributed by atoms with Crippen molar-refractivity contribution in [3.63, 3.8) is 0 Å². The first-order valence-electron chi connectivity index (χ1n) is 8.96. The molecule has 4 N–H and O–H groups in total. The average molecular weight is 490 g/mol. The van der Waals surface area contributed by atoms with E-state index in [0.717, 1.165) is 35.1 Å². The Labute approximate surface area is 183 Å². The number of alkyl halides is 5. The summed E-state index contributed by atoms with van der Waals surface area (Å²) in [6.45, 7) is 1.85. The average Bonchev–Trinajstić information content (AvgIpc) is 3.32. The molecule has 0 radical (unpaired) electrons. The Hall–Kier alpha value is -2.61. The van der Waals surface area contributed by atoms with E-state index in [1.54, 1.807) is 12.1 Å². The Morgan fingerprint density at radius 3 is 2.31 bits per heavy atom. The number of hydrogen-bond acceptors (Lipinski definition) is 6. The molecule has 1 aromatic heterocycles. The molecule has 4 rings (SSSR count). The summed E-state index contributed by atoms with van der Waals surface area (Å²) in [5.74, 6) is -5.16. The zero-order chi connectivity index (χ0) is 23.5. The minimum absolute atomic E-state index is 0.182. The highest BCUT2D eigenvalue weighted by Crippen LogP contribution is 2.46. The quantitative estimate of drug-likeness (QED) is 0.485. The van der Waals surface area contributed by atoms with E-state index in [9.17, 15) is 30.4 Å². The van der Waals surface area contributed by atoms with Crippen LogP contribution in [0.25, 0.3) is 10.2 Å². The van der Waals surface area contributed by atoms with Gasteiger partial charge in [0.15, 0.2) is 0 Å². The smallest absolute Gasteiger partial charge is 0.318 e. The summed E-state index contributed by atoms with van der Waals surface area (Å²) in [5.41, 5.74) is 2.97. The maximum Gasteiger partial charge on any atom is 0.459 e. The van der Waals surface area contributed by atoms with Crippen LogP contribution >= 0.6 is 11.3 Å². The number of nitrogens with two attached hydrogens (primary N) is 1. The predicted molar refractivity (Wildman–Crippen MR) is 108 cm³/mol. The van der Waals surface area contributed by atoms with Crippen LogP contribution in [-0.2, 0) is 15.6 Å². The SMILES string of the molecule is Cc1ccc2nc(C3(c4ccc(S(N)(=O)=O)cc4)C=C(C(F)(F)C(F)(F)F)NN3)sc2c1. The molecule has 1 aliphatic rings. The molecular formula is C19H15F5N4O2S2. The van der Waals surface area contributed by atoms with E-state index in [-0.39, 0.29) is 15.5 Å². The number of fused-ring (bicyclic) bond motifs is 1. The van der Waals surface area contributed by atoms with Gasteiger partial charge < -0.3 is 5.43 Å². The number of aryl methyl sites for hydroxylation is 1. The number of thiazole rings is 1. The second kappa shape index (κ2) is 7.20. The van der Waals surface area contributed by atoms with Crippen LogP contribution in [-0.4, -0.2) is 25.5 Å². The monoisotopic (exact) mass is 490 g/mol. The molecule has 170 valence electrons. The number of benzene rings is 2. The van der Waals surface area contributed by atoms with Gasteiger partial charge in [-0.25, -0.2) is 24.0 Å². The number of nitrogens with one attached hydrogen (secondary N) is 2. The minimum atomic E-state index is -5.83. The molecule has 0 bridgehead atoms. The summed E-state index contributed by atoms with van der Waals surface area (Å²) in [6, 6.07) is 10.1. The highest BCUT2D eigenvalue weighted by atomic mass is 32.2. The van der Waals surface area contributed by atoms with Crippen molar-refractivity contribution in [2.45, 2.75) is 29.5 Å². The second-order valence-corrected chi connectivity index (χ2v) is 9.84. The van der Waals surface area contributed by atoms with Crippen LogP contribution < -0.4 is 16.0 Å². The van der Waals surface area contributed by atoms with Gasteiger partial charge in [0, 0.05) is 0 Å². The van der Waals surface area contributed by atoms with Gasteiger partial charge in [-0.2, -0.15) is 22.0 Å². The Balaban J connectivity index is 1.93. The molecule has 3 aromatic rings. The molecule has 2 aromatic carbocycles. The molecule has 1 unspecified atom stereocenters. The van der Waals surface area contributed by atoms with Gasteiger partial charge in [0.2, 0.25) is 10.0 Å². The largest absolute Gasteiger partial charge is 0.459 e. The predicted octanol–water partition coefficient (Wildman–Crippen LogP) is 3.69. The lowest BCUT2D eigenvalue weighted by Gasteiger charge is -2.25. The van der Waals surface area contributed by atoms with E-state index in [2.05, 4.69) is 10.4 Å². The summed E-state index contributed by atoms with van der Waals surface area (Å²) in [6.07, 6.45) is -5.11. The summed E-state index contributed by atoms with van der Waals surface area (Å²) in [5, 5.41) is 5.28. The lowest BCUT2D eigenvalue weighted by molar-refractivity contribution is -0.266. The Bertz CT molecular complexity index is 1330. The van der Waals surface area contributed by atoms with Crippen molar-refractivity contribution in [2.24, 2.45) is 5.14 Å². The van der Waals surface area contributed by atoms with Gasteiger partial charge in [0.25, 0.3) is 0 Å². The van der Waals surface area contributed by atoms with Crippen molar-refractivity contribution in [1.82, 2.24) is 15.8 Å². The molecule has 2 heterocycles. The van der Waals surface area contributed by atoms with Gasteiger partial charge in [-0.05, 0) is 48.4 Å². The third-order valence-electron chi connectivity index (χ3n) is 4.97. The number of aromatic nitrogens is 1. The van der Waals surface area contributed by atoms with Crippen molar-refractivity contribution in [1.29, 1.82) is 0 Å². The van der Waals surface area contributed by atoms with E-state index >= 15 is 0 Å². The maximum absolute atomic E-state index is 14.1. The summed E-state index contributed by atoms with van der Waals surface area (Å²) in [7, 11) is -4.04. The van der Waals surface area contributed by atoms with Crippen molar-refractivity contribution in [3.8, 4) is 0 Å². The number of rotatable bonds is 4. The fraction of sp³-hybridized carbons (Fsp3) is 0.211. The van der Waals surface area contributed by atoms with Crippen molar-refractivity contribution in [2.75, 3.05) is 0 Å². The van der Waals surface area contributed by atoms with Gasteiger partial charge in [0.05, 0.1) is 15.1 Å². The lowest BCUT2D eigenvalue weighted by atomic mass is 9.90. The van der Waals surface area contributed by atoms with Crippen LogP contribution in [0, 0.1) is 6.92 Å². The number of hydrogen-bond donors (Lipinski definition) is 3. The first kappa shape index (κ1) is 22.6. The van der Waals surface area contributed by atoms with Gasteiger partial charge in [-0.15, -0.1) is 11.3 Å². The first-order valence-corrected chi connectivity index (χ1v) is 11.3. The molecule has 6 nitrogen and oxygen atoms in total. The highest BCUT2D eigenvalue weighted by molar-refractivity contribution is 7.89. The fourth-order valence-corrected chi connectivity index (χ4v) is 5.00. The third-order valence-corrected chi connectivity index (χ3v) is 7.05. The normalized spacial score (nSPS) is 19.8. The third kappa shape index (κ3) is 3.64. The maximum atomic E-state index is 14.1. The number of sulfonamides is 1. The molecule has 0 amide bonds. The van der Waals surface area contributed by atoms with E-state index in [1.807, 2.05) is 18.4 Å². The van der Waals surface area contributed by atoms with Crippen LogP contribution in [0.5, 0.6) is 0 Å². The number of primary sulfonamides is 1. The summed E-state index contributed by atoms with van der Waals surface area (Å²) < 4.78 is 90.9. The van der Waals surface area contributed by atoms with Crippen LogP contribution in [0.2, 0.25) is 0 Å². The minimum Gasteiger partial charge on any atom is -0.318 e. The Kier molecular flexibility index (Phi) is 5.08. The zero-order valence-corrected chi connectivity index (χ0v) is 17.8. The van der Waals surface area contributed by atoms with Gasteiger partial charge in [0.1, 0.15) is 16.2 Å². The van der Waals surface area contributed by atoms with Crippen LogP contribution in [0.15, 0.2) is 59.1 Å². The number of nitrogens with zero attached hydrogens (tertiary/aromatic N) is 1. The Morgan fingerprint density at radius 1 is 1.06 bits per heavy atom. The van der Waals surface area contributed by atoms with Crippen molar-refractivity contribution in [3.05, 3.63) is 70.4 Å². The lowest BCUT2D eigenvalue weighted by Crippen LogP contribution is -2.47. The molecule has 0 saturated carbocycles. The van der Waals surface area contributed by atoms with E-state index in [0.29, 0.717) is 10.2 Å². The highest BCUT2D eigenvalue weighted by Gasteiger charge is 2.62. The fourth-order valence-electron chi connectivity index (χ4n) is 3.28. The standard InChI is InChI=1S/C19H15F5N4O2S2/c1-10-2-7-13-14(8-10)31-16(26-13)17(11-3-5-12(6-4-11)32(25,29)30)9-15(27-28-17)18(20,21)19(22,23)24/h2-9,27-28H,1H3,(H2,25,29,30). The molecular weight excluding hydrogens is 475 g/mol. The molecule has 1 atom stereocenters. The topological polar surface area (TPSA) is 97.1 Å². The second-order valence-electron chi connectivity index (χ2n) is 7.25. The molecule has 0 saturated heterocycles. The molecule has 0 fully saturated rings. The van der Waals surface area contributed by atoms with Gasteiger partial charge >= 0.3 is 12.1 Å². The van der Waals surface area contributed by atoms with Crippen LogP contribution in [0.4, 0.5) is 22.0 Å². The number of halogens is 5.